The van der Waals surface area contributed by atoms with Crippen LogP contribution in [0, 0.1) is 17.2 Å². The standard InChI is InChI=1S/C16H18Cl2N4O2/c1-2-3-11-13-12(8-4-7(17)5-10(18)14(8)23)9(6-19)15(20)24-16(13)22-21-11/h4-5,11-13,16,21-23H,2-3,20H2,1H3. The van der Waals surface area contributed by atoms with Crippen LogP contribution < -0.4 is 16.6 Å². The molecule has 1 aromatic carbocycles. The minimum Gasteiger partial charge on any atom is -0.506 e. The summed E-state index contributed by atoms with van der Waals surface area (Å²) in [4.78, 5) is 0. The summed E-state index contributed by atoms with van der Waals surface area (Å²) in [6.07, 6.45) is 1.43. The first-order chi connectivity index (χ1) is 11.5. The summed E-state index contributed by atoms with van der Waals surface area (Å²) in [5, 5.41) is 20.6. The molecule has 24 heavy (non-hydrogen) atoms. The van der Waals surface area contributed by atoms with E-state index in [0.717, 1.165) is 12.8 Å². The number of halogens is 2. The van der Waals surface area contributed by atoms with Crippen LogP contribution in [0.5, 0.6) is 5.75 Å². The van der Waals surface area contributed by atoms with Crippen LogP contribution in [0.1, 0.15) is 31.2 Å². The SMILES string of the molecule is CCCC1NNC2OC(N)=C(C#N)C(c3cc(Cl)cc(Cl)c3O)C12. The molecule has 0 aromatic heterocycles. The zero-order valence-electron chi connectivity index (χ0n) is 13.0. The molecule has 6 nitrogen and oxygen atoms in total. The number of phenolic OH excluding ortho intramolecular Hbond substituents is 1. The average Bonchev–Trinajstić information content (AvgIpc) is 2.92. The first-order valence-corrected chi connectivity index (χ1v) is 8.48. The number of nitriles is 1. The van der Waals surface area contributed by atoms with Crippen molar-refractivity contribution in [3.8, 4) is 11.8 Å². The van der Waals surface area contributed by atoms with Crippen LogP contribution in [0.3, 0.4) is 0 Å². The molecule has 2 aliphatic heterocycles. The molecule has 0 saturated carbocycles. The Kier molecular flexibility index (Phi) is 4.79. The Bertz CT molecular complexity index is 732. The number of rotatable bonds is 3. The van der Waals surface area contributed by atoms with Gasteiger partial charge in [-0.1, -0.05) is 36.5 Å². The van der Waals surface area contributed by atoms with E-state index in [2.05, 4.69) is 23.8 Å². The number of aromatic hydroxyl groups is 1. The number of hydrogen-bond donors (Lipinski definition) is 4. The van der Waals surface area contributed by atoms with E-state index < -0.39 is 12.1 Å². The number of hydrazine groups is 1. The lowest BCUT2D eigenvalue weighted by Crippen LogP contribution is -2.41. The second-order valence-electron chi connectivity index (χ2n) is 5.99. The maximum atomic E-state index is 10.5. The highest BCUT2D eigenvalue weighted by Crippen LogP contribution is 2.48. The normalized spacial score (nSPS) is 29.1. The molecule has 2 aliphatic rings. The van der Waals surface area contributed by atoms with Gasteiger partial charge in [-0.25, -0.2) is 5.43 Å². The largest absolute Gasteiger partial charge is 0.506 e. The number of benzene rings is 1. The Labute approximate surface area is 150 Å². The fraction of sp³-hybridized carbons (Fsp3) is 0.438. The average molecular weight is 369 g/mol. The van der Waals surface area contributed by atoms with E-state index in [9.17, 15) is 10.4 Å². The van der Waals surface area contributed by atoms with Gasteiger partial charge >= 0.3 is 0 Å². The van der Waals surface area contributed by atoms with E-state index in [1.54, 1.807) is 6.07 Å². The Balaban J connectivity index is 2.16. The number of allylic oxidation sites excluding steroid dienone is 1. The summed E-state index contributed by atoms with van der Waals surface area (Å²) in [6.45, 7) is 2.08. The summed E-state index contributed by atoms with van der Waals surface area (Å²) in [5.41, 5.74) is 13.0. The van der Waals surface area contributed by atoms with Crippen LogP contribution in [0.2, 0.25) is 10.0 Å². The maximum Gasteiger partial charge on any atom is 0.200 e. The highest BCUT2D eigenvalue weighted by atomic mass is 35.5. The molecule has 1 saturated heterocycles. The quantitative estimate of drug-likeness (QED) is 0.653. The lowest BCUT2D eigenvalue weighted by molar-refractivity contribution is 0.0334. The number of ether oxygens (including phenoxy) is 1. The molecule has 128 valence electrons. The topological polar surface area (TPSA) is 103 Å². The zero-order chi connectivity index (χ0) is 17.4. The van der Waals surface area contributed by atoms with Crippen molar-refractivity contribution in [3.63, 3.8) is 0 Å². The third-order valence-corrected chi connectivity index (χ3v) is 5.06. The second-order valence-corrected chi connectivity index (χ2v) is 6.84. The van der Waals surface area contributed by atoms with Crippen LogP contribution in [0.4, 0.5) is 0 Å². The molecule has 0 amide bonds. The summed E-state index contributed by atoms with van der Waals surface area (Å²) < 4.78 is 5.66. The molecular weight excluding hydrogens is 351 g/mol. The number of hydrogen-bond acceptors (Lipinski definition) is 6. The van der Waals surface area contributed by atoms with Crippen molar-refractivity contribution in [1.82, 2.24) is 10.9 Å². The fourth-order valence-electron chi connectivity index (χ4n) is 3.54. The van der Waals surface area contributed by atoms with Gasteiger partial charge in [0.15, 0.2) is 6.23 Å². The first kappa shape index (κ1) is 17.2. The van der Waals surface area contributed by atoms with Crippen LogP contribution >= 0.6 is 23.2 Å². The van der Waals surface area contributed by atoms with Gasteiger partial charge in [0.2, 0.25) is 5.88 Å². The molecule has 8 heteroatoms. The maximum absolute atomic E-state index is 10.5. The predicted octanol–water partition coefficient (Wildman–Crippen LogP) is 2.73. The summed E-state index contributed by atoms with van der Waals surface area (Å²) in [5.74, 6) is -0.642. The van der Waals surface area contributed by atoms with Crippen molar-refractivity contribution >= 4 is 23.2 Å². The summed E-state index contributed by atoms with van der Waals surface area (Å²) in [7, 11) is 0. The monoisotopic (exact) mass is 368 g/mol. The van der Waals surface area contributed by atoms with Crippen LogP contribution in [-0.2, 0) is 4.74 Å². The van der Waals surface area contributed by atoms with Crippen molar-refractivity contribution in [2.24, 2.45) is 11.7 Å². The minimum atomic E-state index is -0.469. The molecule has 0 aliphatic carbocycles. The van der Waals surface area contributed by atoms with Gasteiger partial charge in [-0.2, -0.15) is 5.26 Å². The van der Waals surface area contributed by atoms with Crippen molar-refractivity contribution in [2.75, 3.05) is 0 Å². The van der Waals surface area contributed by atoms with Gasteiger partial charge < -0.3 is 15.6 Å². The minimum absolute atomic E-state index is 0.0469. The number of phenols is 1. The lowest BCUT2D eigenvalue weighted by atomic mass is 9.74. The molecule has 4 unspecified atom stereocenters. The predicted molar refractivity (Wildman–Crippen MR) is 91.0 cm³/mol. The lowest BCUT2D eigenvalue weighted by Gasteiger charge is -2.36. The number of nitrogens with zero attached hydrogens (tertiary/aromatic N) is 1. The number of nitrogens with one attached hydrogen (secondary N) is 2. The van der Waals surface area contributed by atoms with Crippen molar-refractivity contribution < 1.29 is 9.84 Å². The molecular formula is C16H18Cl2N4O2. The molecule has 1 fully saturated rings. The van der Waals surface area contributed by atoms with E-state index in [1.165, 1.54) is 6.07 Å². The van der Waals surface area contributed by atoms with Gasteiger partial charge in [0.1, 0.15) is 11.8 Å². The van der Waals surface area contributed by atoms with Gasteiger partial charge in [0, 0.05) is 28.5 Å². The van der Waals surface area contributed by atoms with Gasteiger partial charge in [-0.15, -0.1) is 0 Å². The van der Waals surface area contributed by atoms with Gasteiger partial charge in [-0.05, 0) is 18.6 Å². The van der Waals surface area contributed by atoms with Crippen LogP contribution in [-0.4, -0.2) is 17.4 Å². The van der Waals surface area contributed by atoms with Gasteiger partial charge in [0.05, 0.1) is 10.6 Å². The smallest absolute Gasteiger partial charge is 0.200 e. The fourth-order valence-corrected chi connectivity index (χ4v) is 4.05. The molecule has 0 bridgehead atoms. The highest BCUT2D eigenvalue weighted by Gasteiger charge is 2.49. The van der Waals surface area contributed by atoms with Gasteiger partial charge in [-0.3, -0.25) is 5.43 Å². The zero-order valence-corrected chi connectivity index (χ0v) is 14.5. The van der Waals surface area contributed by atoms with Gasteiger partial charge in [0.25, 0.3) is 0 Å². The highest BCUT2D eigenvalue weighted by molar-refractivity contribution is 6.35. The molecule has 4 atom stereocenters. The molecule has 3 rings (SSSR count). The van der Waals surface area contributed by atoms with E-state index >= 15 is 0 Å². The summed E-state index contributed by atoms with van der Waals surface area (Å²) in [6, 6.07) is 5.27. The van der Waals surface area contributed by atoms with E-state index in [1.807, 2.05) is 0 Å². The molecule has 2 heterocycles. The Morgan fingerprint density at radius 2 is 2.12 bits per heavy atom. The molecule has 0 radical (unpaired) electrons. The third kappa shape index (κ3) is 2.78. The first-order valence-electron chi connectivity index (χ1n) is 7.73. The Morgan fingerprint density at radius 1 is 1.38 bits per heavy atom. The summed E-state index contributed by atoms with van der Waals surface area (Å²) >= 11 is 12.2. The Hall–Kier alpha value is -1.65. The molecule has 0 spiro atoms. The molecule has 1 aromatic rings. The Morgan fingerprint density at radius 3 is 2.79 bits per heavy atom. The third-order valence-electron chi connectivity index (χ3n) is 4.55. The number of fused-ring (bicyclic) bond motifs is 1. The van der Waals surface area contributed by atoms with E-state index in [-0.39, 0.29) is 34.2 Å². The van der Waals surface area contributed by atoms with Crippen LogP contribution in [0.25, 0.3) is 0 Å². The van der Waals surface area contributed by atoms with E-state index in [4.69, 9.17) is 33.7 Å². The van der Waals surface area contributed by atoms with Crippen molar-refractivity contribution in [1.29, 1.82) is 5.26 Å². The van der Waals surface area contributed by atoms with E-state index in [0.29, 0.717) is 10.6 Å². The van der Waals surface area contributed by atoms with Crippen LogP contribution in [0.15, 0.2) is 23.6 Å². The molecule has 5 N–H and O–H groups in total. The number of nitrogens with two attached hydrogens (primary N) is 1. The van der Waals surface area contributed by atoms with Crippen molar-refractivity contribution in [2.45, 2.75) is 38.0 Å². The second kappa shape index (κ2) is 6.69. The van der Waals surface area contributed by atoms with Crippen molar-refractivity contribution in [3.05, 3.63) is 39.2 Å².